The molecule has 0 aromatic rings. The minimum Gasteiger partial charge on any atom is -0.303 e. The van der Waals surface area contributed by atoms with Crippen LogP contribution < -0.4 is 0 Å². The first-order chi connectivity index (χ1) is 15.2. The monoisotopic (exact) mass is 640 g/mol. The van der Waals surface area contributed by atoms with Crippen molar-refractivity contribution in [1.82, 2.24) is 0 Å². The van der Waals surface area contributed by atoms with Crippen LogP contribution in [0.25, 0.3) is 0 Å². The van der Waals surface area contributed by atoms with Gasteiger partial charge in [0.15, 0.2) is 0 Å². The summed E-state index contributed by atoms with van der Waals surface area (Å²) in [4.78, 5) is 21.6. The zero-order chi connectivity index (χ0) is 31.5. The summed E-state index contributed by atoms with van der Waals surface area (Å²) >= 11 is -2.62. The average Bonchev–Trinajstić information content (AvgIpc) is 2.56. The van der Waals surface area contributed by atoms with Crippen LogP contribution in [0, 0.1) is 0 Å². The van der Waals surface area contributed by atoms with Crippen molar-refractivity contribution >= 4 is 35.8 Å². The Bertz CT molecular complexity index is 786. The number of hydrogen-bond donors (Lipinski definition) is 3. The largest absolute Gasteiger partial charge is 0.466 e. The van der Waals surface area contributed by atoms with Crippen LogP contribution in [0.15, 0.2) is 0 Å². The molecule has 0 saturated carbocycles. The summed E-state index contributed by atoms with van der Waals surface area (Å²) < 4.78 is 271. The van der Waals surface area contributed by atoms with Crippen molar-refractivity contribution in [3.63, 3.8) is 0 Å². The smallest absolute Gasteiger partial charge is 0.303 e. The number of hydrogen-bond acceptors (Lipinski definition) is 1. The van der Waals surface area contributed by atoms with Crippen LogP contribution in [0.2, 0.25) is 0 Å². The molecule has 0 fully saturated rings. The molecule has 37 heavy (non-hydrogen) atoms. The summed E-state index contributed by atoms with van der Waals surface area (Å²) in [6.45, 7) is 0. The van der Waals surface area contributed by atoms with E-state index in [9.17, 15) is 92.2 Å². The van der Waals surface area contributed by atoms with Gasteiger partial charge in [0.25, 0.3) is 0 Å². The van der Waals surface area contributed by atoms with E-state index in [1.807, 2.05) is 0 Å². The van der Waals surface area contributed by atoms with E-state index in [-0.39, 0.29) is 0 Å². The van der Waals surface area contributed by atoms with Gasteiger partial charge in [-0.05, 0) is 0 Å². The van der Waals surface area contributed by atoms with E-state index in [2.05, 4.69) is 0 Å². The van der Waals surface area contributed by atoms with Gasteiger partial charge in [0.1, 0.15) is 0 Å². The van der Waals surface area contributed by atoms with E-state index >= 15 is 0 Å². The number of phosphoric acid groups is 1. The Hall–Kier alpha value is -0.360. The maximum Gasteiger partial charge on any atom is 0.466 e. The fraction of sp³-hybridized carbons (Fsp3) is 1.00. The summed E-state index contributed by atoms with van der Waals surface area (Å²) in [5.74, 6) is -69.5. The Morgan fingerprint density at radius 2 is 0.514 bits per heavy atom. The van der Waals surface area contributed by atoms with Crippen LogP contribution >= 0.6 is 7.82 Å². The van der Waals surface area contributed by atoms with E-state index < -0.39 is 92.5 Å². The quantitative estimate of drug-likeness (QED) is 0.187. The van der Waals surface area contributed by atoms with Crippen molar-refractivity contribution in [3.05, 3.63) is 0 Å². The molecule has 0 aromatic heterocycles. The van der Waals surface area contributed by atoms with Gasteiger partial charge >= 0.3 is 185 Å². The first-order valence-corrected chi connectivity index (χ1v) is 10.1. The van der Waals surface area contributed by atoms with Crippen molar-refractivity contribution in [2.45, 2.75) is 56.7 Å². The fourth-order valence-corrected chi connectivity index (χ4v) is 1.95. The molecule has 27 heteroatoms. The summed E-state index contributed by atoms with van der Waals surface area (Å²) in [6.07, 6.45) is -7.97. The molecule has 220 valence electrons. The molecule has 0 unspecified atom stereocenters. The standard InChI is InChI=1S/C10F21.Na.H3O4P/c11-1(12)2(13,14)3(15,16)4(17,18)5(19,20)6(21,22)7(23,24)8(25,26)9(27,28)10(29,30)31;;1-5(2,3)4/h;;(H3,1,2,3,4). The molecule has 0 atom stereocenters. The zero-order valence-corrected chi connectivity index (χ0v) is 19.0. The normalized spacial score (nSPS) is 16.4. The second-order valence-corrected chi connectivity index (χ2v) is 8.78. The van der Waals surface area contributed by atoms with Gasteiger partial charge < -0.3 is 14.7 Å². The van der Waals surface area contributed by atoms with Crippen LogP contribution in [0.3, 0.4) is 0 Å². The predicted octanol–water partition coefficient (Wildman–Crippen LogP) is 5.46. The summed E-state index contributed by atoms with van der Waals surface area (Å²) in [7, 11) is -4.64. The van der Waals surface area contributed by atoms with Crippen LogP contribution in [-0.4, -0.2) is 99.3 Å². The molecule has 0 radical (unpaired) electrons. The maximum atomic E-state index is 13.2. The van der Waals surface area contributed by atoms with Crippen molar-refractivity contribution in [2.24, 2.45) is 0 Å². The molecule has 0 rings (SSSR count). The van der Waals surface area contributed by atoms with E-state index in [4.69, 9.17) is 19.2 Å². The van der Waals surface area contributed by atoms with Crippen LogP contribution in [0.4, 0.5) is 92.2 Å². The van der Waals surface area contributed by atoms with Gasteiger partial charge in [0, 0.05) is 0 Å². The van der Waals surface area contributed by atoms with Crippen molar-refractivity contribution in [1.29, 1.82) is 0 Å². The minimum atomic E-state index is -9.11. The van der Waals surface area contributed by atoms with Crippen molar-refractivity contribution in [2.75, 3.05) is 0 Å². The van der Waals surface area contributed by atoms with Gasteiger partial charge in [-0.25, -0.2) is 4.57 Å². The molecule has 0 aliphatic heterocycles. The van der Waals surface area contributed by atoms with E-state index in [1.54, 1.807) is 0 Å². The second-order valence-electron chi connectivity index (χ2n) is 6.49. The Morgan fingerprint density at radius 3 is 0.649 bits per heavy atom. The van der Waals surface area contributed by atoms with Gasteiger partial charge in [0.05, 0.1) is 0 Å². The first-order valence-electron chi connectivity index (χ1n) is 7.50. The molecule has 0 spiro atoms. The molecule has 0 bridgehead atoms. The average molecular weight is 640 g/mol. The summed E-state index contributed by atoms with van der Waals surface area (Å²) in [6, 6.07) is 0. The molecule has 0 amide bonds. The van der Waals surface area contributed by atoms with Gasteiger partial charge in [-0.3, -0.25) is 0 Å². The molecule has 3 N–H and O–H groups in total. The van der Waals surface area contributed by atoms with Gasteiger partial charge in [-0.2, -0.15) is 0 Å². The van der Waals surface area contributed by atoms with Gasteiger partial charge in [-0.15, -0.1) is 0 Å². The van der Waals surface area contributed by atoms with E-state index in [0.29, 0.717) is 0 Å². The second kappa shape index (κ2) is 9.93. The topological polar surface area (TPSA) is 77.8 Å². The molecule has 0 aliphatic rings. The minimum absolute atomic E-state index is 2.62. The predicted molar refractivity (Wildman–Crippen MR) is 70.6 cm³/mol. The number of rotatable bonds is 8. The maximum absolute atomic E-state index is 13.2. The van der Waals surface area contributed by atoms with Crippen LogP contribution in [0.5, 0.6) is 0 Å². The third-order valence-electron chi connectivity index (χ3n) is 3.67. The molecule has 0 aliphatic carbocycles. The Morgan fingerprint density at radius 1 is 0.378 bits per heavy atom. The number of halogens is 21. The Balaban J connectivity index is 0. The fourth-order valence-electron chi connectivity index (χ4n) is 1.64. The van der Waals surface area contributed by atoms with Crippen molar-refractivity contribution in [3.8, 4) is 0 Å². The first kappa shape index (κ1) is 38.8. The summed E-state index contributed by atoms with van der Waals surface area (Å²) in [5, 5.41) is 0. The molecule has 0 saturated heterocycles. The van der Waals surface area contributed by atoms with Crippen molar-refractivity contribution < 1.29 is 111 Å². The van der Waals surface area contributed by atoms with Gasteiger partial charge in [-0.1, -0.05) is 0 Å². The third-order valence-corrected chi connectivity index (χ3v) is 4.30. The third kappa shape index (κ3) is 6.20. The molecular formula is C10H3F21NaO4P. The number of alkyl halides is 21. The Kier molecular flexibility index (Phi) is 10.4. The van der Waals surface area contributed by atoms with E-state index in [1.165, 1.54) is 0 Å². The SMILES string of the molecule is FC(F)(F)C(F)(F)C(F)(F)C(F)(F)C(F)(F)C(F)(F)C(F)(F)C(F)(F)C(F)(F)[C](F)(F)[Na].O=P(O)(O)O. The Labute approximate surface area is 204 Å². The molecule has 0 aromatic carbocycles. The molecule has 4 nitrogen and oxygen atoms in total. The molecule has 0 heterocycles. The molecular weight excluding hydrogens is 637 g/mol. The van der Waals surface area contributed by atoms with E-state index in [0.717, 1.165) is 0 Å². The zero-order valence-electron chi connectivity index (χ0n) is 16.1. The van der Waals surface area contributed by atoms with Crippen LogP contribution in [-0.2, 0) is 4.57 Å². The van der Waals surface area contributed by atoms with Gasteiger partial charge in [0.2, 0.25) is 0 Å². The summed E-state index contributed by atoms with van der Waals surface area (Å²) in [5.41, 5.74) is 0. The van der Waals surface area contributed by atoms with Crippen LogP contribution in [0.1, 0.15) is 0 Å².